The third kappa shape index (κ3) is 2.73. The summed E-state index contributed by atoms with van der Waals surface area (Å²) in [7, 11) is 0. The molecule has 116 valence electrons. The molecule has 0 aromatic heterocycles. The van der Waals surface area contributed by atoms with Crippen LogP contribution in [0.25, 0.3) is 0 Å². The molecular weight excluding hydrogens is 352 g/mol. The van der Waals surface area contributed by atoms with Crippen molar-refractivity contribution in [2.45, 2.75) is 19.4 Å². The number of rotatable bonds is 1. The van der Waals surface area contributed by atoms with E-state index in [2.05, 4.69) is 40.3 Å². The molecule has 0 bridgehead atoms. The highest BCUT2D eigenvalue weighted by Gasteiger charge is 2.25. The van der Waals surface area contributed by atoms with Crippen molar-refractivity contribution in [1.29, 1.82) is 0 Å². The summed E-state index contributed by atoms with van der Waals surface area (Å²) in [5.41, 5.74) is 4.12. The fourth-order valence-corrected chi connectivity index (χ4v) is 3.41. The minimum Gasteiger partial charge on any atom is -0.454 e. The highest BCUT2D eigenvalue weighted by Crippen LogP contribution is 2.40. The lowest BCUT2D eigenvalue weighted by Crippen LogP contribution is -2.35. The minimum atomic E-state index is 0.277. The Morgan fingerprint density at radius 2 is 2.04 bits per heavy atom. The third-order valence-corrected chi connectivity index (χ3v) is 4.71. The van der Waals surface area contributed by atoms with E-state index in [0.717, 1.165) is 45.9 Å². The zero-order chi connectivity index (χ0) is 15.8. The van der Waals surface area contributed by atoms with Crippen LogP contribution in [0.3, 0.4) is 0 Å². The highest BCUT2D eigenvalue weighted by molar-refractivity contribution is 9.10. The molecule has 0 radical (unpaired) electrons. The number of benzene rings is 2. The smallest absolute Gasteiger partial charge is 0.153 e. The Balaban J connectivity index is 1.96. The normalized spacial score (nSPS) is 19.7. The van der Waals surface area contributed by atoms with Crippen LogP contribution in [0.1, 0.15) is 18.9 Å². The van der Waals surface area contributed by atoms with E-state index in [1.165, 1.54) is 5.57 Å². The zero-order valence-electron chi connectivity index (χ0n) is 12.8. The number of halogens is 1. The van der Waals surface area contributed by atoms with Crippen molar-refractivity contribution in [2.75, 3.05) is 6.54 Å². The fraction of sp³-hybridized carbons (Fsp3) is 0.211. The van der Waals surface area contributed by atoms with Crippen LogP contribution in [0.5, 0.6) is 11.5 Å². The lowest BCUT2D eigenvalue weighted by molar-refractivity contribution is 0.484. The van der Waals surface area contributed by atoms with Gasteiger partial charge in [-0.1, -0.05) is 34.1 Å². The van der Waals surface area contributed by atoms with Gasteiger partial charge in [0.05, 0.1) is 5.71 Å². The number of para-hydroxylation sites is 2. The summed E-state index contributed by atoms with van der Waals surface area (Å²) in [6, 6.07) is 14.3. The van der Waals surface area contributed by atoms with Crippen molar-refractivity contribution in [1.82, 2.24) is 5.32 Å². The van der Waals surface area contributed by atoms with Crippen molar-refractivity contribution in [3.8, 4) is 11.5 Å². The molecule has 0 aliphatic carbocycles. The standard InChI is InChI=1S/C19H17BrN2O/c1-12-14(5-4-10-21-12)19-15-11-13(20)8-9-17(15)23-18-7-3-2-6-16(18)22-19/h2-3,5-9,11-12,21H,4,10H2,1H3. The van der Waals surface area contributed by atoms with E-state index >= 15 is 0 Å². The lowest BCUT2D eigenvalue weighted by Gasteiger charge is -2.24. The Morgan fingerprint density at radius 1 is 1.17 bits per heavy atom. The predicted octanol–water partition coefficient (Wildman–Crippen LogP) is 4.98. The van der Waals surface area contributed by atoms with Gasteiger partial charge in [0.15, 0.2) is 5.75 Å². The van der Waals surface area contributed by atoms with E-state index in [1.54, 1.807) is 0 Å². The van der Waals surface area contributed by atoms with Gasteiger partial charge in [-0.05, 0) is 55.8 Å². The van der Waals surface area contributed by atoms with Gasteiger partial charge < -0.3 is 10.1 Å². The van der Waals surface area contributed by atoms with Gasteiger partial charge >= 0.3 is 0 Å². The van der Waals surface area contributed by atoms with Gasteiger partial charge in [0.2, 0.25) is 0 Å². The van der Waals surface area contributed by atoms with Crippen LogP contribution in [-0.4, -0.2) is 18.3 Å². The van der Waals surface area contributed by atoms with Gasteiger partial charge in [0.1, 0.15) is 11.4 Å². The topological polar surface area (TPSA) is 33.6 Å². The van der Waals surface area contributed by atoms with E-state index in [-0.39, 0.29) is 6.04 Å². The van der Waals surface area contributed by atoms with E-state index in [4.69, 9.17) is 9.73 Å². The van der Waals surface area contributed by atoms with E-state index in [1.807, 2.05) is 36.4 Å². The van der Waals surface area contributed by atoms with Crippen LogP contribution in [0.15, 0.2) is 63.6 Å². The number of nitrogens with zero attached hydrogens (tertiary/aromatic N) is 1. The number of hydrogen-bond acceptors (Lipinski definition) is 3. The maximum Gasteiger partial charge on any atom is 0.153 e. The van der Waals surface area contributed by atoms with E-state index in [0.29, 0.717) is 0 Å². The average molecular weight is 369 g/mol. The summed E-state index contributed by atoms with van der Waals surface area (Å²) in [6.07, 6.45) is 3.31. The van der Waals surface area contributed by atoms with Crippen molar-refractivity contribution in [3.05, 3.63) is 64.1 Å². The van der Waals surface area contributed by atoms with Crippen LogP contribution >= 0.6 is 15.9 Å². The molecule has 2 aromatic rings. The molecule has 3 nitrogen and oxygen atoms in total. The first kappa shape index (κ1) is 14.7. The SMILES string of the molecule is CC1NCCC=C1C1=Nc2ccccc2Oc2ccc(Br)cc21. The molecule has 2 aromatic carbocycles. The monoisotopic (exact) mass is 368 g/mol. The zero-order valence-corrected chi connectivity index (χ0v) is 14.4. The molecule has 1 atom stereocenters. The second-order valence-electron chi connectivity index (χ2n) is 5.79. The predicted molar refractivity (Wildman–Crippen MR) is 97.0 cm³/mol. The molecule has 0 fully saturated rings. The number of nitrogens with one attached hydrogen (secondary N) is 1. The third-order valence-electron chi connectivity index (χ3n) is 4.21. The quantitative estimate of drug-likeness (QED) is 0.769. The largest absolute Gasteiger partial charge is 0.454 e. The number of ether oxygens (including phenoxy) is 1. The van der Waals surface area contributed by atoms with Crippen molar-refractivity contribution < 1.29 is 4.74 Å². The van der Waals surface area contributed by atoms with Crippen LogP contribution in [0.2, 0.25) is 0 Å². The average Bonchev–Trinajstić information content (AvgIpc) is 2.72. The lowest BCUT2D eigenvalue weighted by atomic mass is 9.93. The Bertz CT molecular complexity index is 826. The molecule has 4 heteroatoms. The molecule has 2 aliphatic heterocycles. The first-order chi connectivity index (χ1) is 11.2. The van der Waals surface area contributed by atoms with Gasteiger partial charge in [-0.2, -0.15) is 0 Å². The molecule has 1 unspecified atom stereocenters. The van der Waals surface area contributed by atoms with Gasteiger partial charge in [0, 0.05) is 16.1 Å². The fourth-order valence-electron chi connectivity index (χ4n) is 3.05. The minimum absolute atomic E-state index is 0.277. The maximum absolute atomic E-state index is 6.13. The molecule has 0 spiro atoms. The van der Waals surface area contributed by atoms with Gasteiger partial charge in [-0.15, -0.1) is 0 Å². The molecule has 4 rings (SSSR count). The highest BCUT2D eigenvalue weighted by atomic mass is 79.9. The summed E-state index contributed by atoms with van der Waals surface area (Å²) >= 11 is 3.57. The summed E-state index contributed by atoms with van der Waals surface area (Å²) in [4.78, 5) is 4.96. The number of hydrogen-bond donors (Lipinski definition) is 1. The summed E-state index contributed by atoms with van der Waals surface area (Å²) in [6.45, 7) is 3.19. The van der Waals surface area contributed by atoms with Gasteiger partial charge in [0.25, 0.3) is 0 Å². The van der Waals surface area contributed by atoms with E-state index < -0.39 is 0 Å². The van der Waals surface area contributed by atoms with E-state index in [9.17, 15) is 0 Å². The molecule has 2 heterocycles. The van der Waals surface area contributed by atoms with Crippen molar-refractivity contribution in [3.63, 3.8) is 0 Å². The molecule has 0 saturated heterocycles. The van der Waals surface area contributed by atoms with Crippen molar-refractivity contribution >= 4 is 27.3 Å². The first-order valence-corrected chi connectivity index (χ1v) is 8.61. The Labute approximate surface area is 144 Å². The molecular formula is C19H17BrN2O. The van der Waals surface area contributed by atoms with Crippen LogP contribution in [-0.2, 0) is 0 Å². The van der Waals surface area contributed by atoms with Crippen LogP contribution in [0.4, 0.5) is 5.69 Å². The number of fused-ring (bicyclic) bond motifs is 2. The van der Waals surface area contributed by atoms with Crippen molar-refractivity contribution in [2.24, 2.45) is 4.99 Å². The Kier molecular flexibility index (Phi) is 3.79. The Hall–Kier alpha value is -1.91. The molecule has 0 saturated carbocycles. The maximum atomic E-state index is 6.13. The molecule has 2 aliphatic rings. The van der Waals surface area contributed by atoms with Gasteiger partial charge in [-0.3, -0.25) is 0 Å². The summed E-state index contributed by atoms with van der Waals surface area (Å²) in [5, 5.41) is 3.52. The molecule has 0 amide bonds. The summed E-state index contributed by atoms with van der Waals surface area (Å²) in [5.74, 6) is 1.64. The van der Waals surface area contributed by atoms with Crippen LogP contribution < -0.4 is 10.1 Å². The second kappa shape index (κ2) is 5.95. The first-order valence-electron chi connectivity index (χ1n) is 7.82. The molecule has 1 N–H and O–H groups in total. The van der Waals surface area contributed by atoms with Crippen LogP contribution in [0, 0.1) is 0 Å². The molecule has 23 heavy (non-hydrogen) atoms. The van der Waals surface area contributed by atoms with Gasteiger partial charge in [-0.25, -0.2) is 4.99 Å². The Morgan fingerprint density at radius 3 is 2.91 bits per heavy atom. The number of aliphatic imine (C=N–C) groups is 1. The second-order valence-corrected chi connectivity index (χ2v) is 6.71. The summed E-state index contributed by atoms with van der Waals surface area (Å²) < 4.78 is 7.15.